The standard InChI is InChI=1S/C14H13F2N/c15-11-5-3-4-10(8-11)9-14(17)12-6-1-2-7-13(12)16/h1-8,14H,9,17H2. The van der Waals surface area contributed by atoms with E-state index in [-0.39, 0.29) is 11.6 Å². The molecule has 0 aromatic heterocycles. The van der Waals surface area contributed by atoms with Crippen LogP contribution in [-0.2, 0) is 6.42 Å². The third-order valence-corrected chi connectivity index (χ3v) is 2.65. The van der Waals surface area contributed by atoms with Gasteiger partial charge in [0.25, 0.3) is 0 Å². The molecule has 0 radical (unpaired) electrons. The highest BCUT2D eigenvalue weighted by molar-refractivity contribution is 5.25. The molecule has 0 saturated heterocycles. The minimum atomic E-state index is -0.460. The van der Waals surface area contributed by atoms with Crippen LogP contribution in [0.2, 0.25) is 0 Å². The van der Waals surface area contributed by atoms with Crippen molar-refractivity contribution in [2.24, 2.45) is 5.73 Å². The van der Waals surface area contributed by atoms with E-state index in [4.69, 9.17) is 5.73 Å². The van der Waals surface area contributed by atoms with E-state index in [2.05, 4.69) is 0 Å². The lowest BCUT2D eigenvalue weighted by molar-refractivity contribution is 0.578. The molecule has 0 fully saturated rings. The van der Waals surface area contributed by atoms with Gasteiger partial charge in [0.2, 0.25) is 0 Å². The molecule has 0 spiro atoms. The molecule has 0 saturated carbocycles. The van der Waals surface area contributed by atoms with Crippen molar-refractivity contribution in [3.8, 4) is 0 Å². The quantitative estimate of drug-likeness (QED) is 0.865. The van der Waals surface area contributed by atoms with Crippen molar-refractivity contribution in [1.82, 2.24) is 0 Å². The fourth-order valence-corrected chi connectivity index (χ4v) is 1.80. The summed E-state index contributed by atoms with van der Waals surface area (Å²) >= 11 is 0. The van der Waals surface area contributed by atoms with E-state index in [0.717, 1.165) is 5.56 Å². The van der Waals surface area contributed by atoms with Crippen LogP contribution >= 0.6 is 0 Å². The highest BCUT2D eigenvalue weighted by Crippen LogP contribution is 2.19. The molecule has 0 aliphatic heterocycles. The lowest BCUT2D eigenvalue weighted by Crippen LogP contribution is -2.15. The van der Waals surface area contributed by atoms with Gasteiger partial charge < -0.3 is 5.73 Å². The summed E-state index contributed by atoms with van der Waals surface area (Å²) < 4.78 is 26.5. The van der Waals surface area contributed by atoms with Crippen molar-refractivity contribution >= 4 is 0 Å². The Labute approximate surface area is 98.9 Å². The minimum Gasteiger partial charge on any atom is -0.324 e. The fourth-order valence-electron chi connectivity index (χ4n) is 1.80. The number of hydrogen-bond donors (Lipinski definition) is 1. The summed E-state index contributed by atoms with van der Waals surface area (Å²) in [5, 5.41) is 0. The van der Waals surface area contributed by atoms with Crippen molar-refractivity contribution in [2.45, 2.75) is 12.5 Å². The Morgan fingerprint density at radius 1 is 1.00 bits per heavy atom. The Kier molecular flexibility index (Phi) is 3.49. The van der Waals surface area contributed by atoms with Gasteiger partial charge in [-0.1, -0.05) is 30.3 Å². The normalized spacial score (nSPS) is 12.4. The van der Waals surface area contributed by atoms with Crippen LogP contribution in [0.4, 0.5) is 8.78 Å². The first kappa shape index (κ1) is 11.7. The van der Waals surface area contributed by atoms with Crippen LogP contribution in [0.25, 0.3) is 0 Å². The maximum absolute atomic E-state index is 13.5. The molecular weight excluding hydrogens is 220 g/mol. The lowest BCUT2D eigenvalue weighted by atomic mass is 9.99. The molecule has 1 nitrogen and oxygen atoms in total. The number of benzene rings is 2. The zero-order valence-electron chi connectivity index (χ0n) is 9.24. The number of hydrogen-bond acceptors (Lipinski definition) is 1. The smallest absolute Gasteiger partial charge is 0.127 e. The van der Waals surface area contributed by atoms with Crippen LogP contribution in [0.5, 0.6) is 0 Å². The average molecular weight is 233 g/mol. The molecule has 2 rings (SSSR count). The zero-order chi connectivity index (χ0) is 12.3. The SMILES string of the molecule is NC(Cc1cccc(F)c1)c1ccccc1F. The second-order valence-electron chi connectivity index (χ2n) is 3.96. The molecule has 0 amide bonds. The molecule has 17 heavy (non-hydrogen) atoms. The van der Waals surface area contributed by atoms with Crippen LogP contribution in [-0.4, -0.2) is 0 Å². The summed E-state index contributed by atoms with van der Waals surface area (Å²) in [4.78, 5) is 0. The molecule has 1 atom stereocenters. The van der Waals surface area contributed by atoms with E-state index in [0.29, 0.717) is 12.0 Å². The van der Waals surface area contributed by atoms with Crippen molar-refractivity contribution in [3.63, 3.8) is 0 Å². The maximum Gasteiger partial charge on any atom is 0.127 e. The van der Waals surface area contributed by atoms with Crippen LogP contribution in [0, 0.1) is 11.6 Å². The molecule has 0 aliphatic rings. The molecule has 0 heterocycles. The van der Waals surface area contributed by atoms with E-state index in [1.165, 1.54) is 18.2 Å². The first-order chi connectivity index (χ1) is 8.16. The second kappa shape index (κ2) is 5.06. The average Bonchev–Trinajstić information content (AvgIpc) is 2.29. The molecule has 88 valence electrons. The van der Waals surface area contributed by atoms with Crippen molar-refractivity contribution < 1.29 is 8.78 Å². The van der Waals surface area contributed by atoms with E-state index in [1.54, 1.807) is 30.3 Å². The van der Waals surface area contributed by atoms with Gasteiger partial charge in [-0.15, -0.1) is 0 Å². The van der Waals surface area contributed by atoms with Gasteiger partial charge in [-0.05, 0) is 30.2 Å². The summed E-state index contributed by atoms with van der Waals surface area (Å²) in [5.74, 6) is -0.625. The van der Waals surface area contributed by atoms with Crippen LogP contribution in [0.15, 0.2) is 48.5 Å². The van der Waals surface area contributed by atoms with Gasteiger partial charge in [0, 0.05) is 11.6 Å². The molecule has 3 heteroatoms. The van der Waals surface area contributed by atoms with Gasteiger partial charge in [0.05, 0.1) is 0 Å². The van der Waals surface area contributed by atoms with Gasteiger partial charge in [0.1, 0.15) is 11.6 Å². The first-order valence-corrected chi connectivity index (χ1v) is 5.41. The van der Waals surface area contributed by atoms with Gasteiger partial charge in [-0.25, -0.2) is 8.78 Å². The van der Waals surface area contributed by atoms with Crippen LogP contribution < -0.4 is 5.73 Å². The molecule has 2 aromatic rings. The first-order valence-electron chi connectivity index (χ1n) is 5.41. The van der Waals surface area contributed by atoms with E-state index < -0.39 is 6.04 Å². The molecule has 2 N–H and O–H groups in total. The van der Waals surface area contributed by atoms with Crippen molar-refractivity contribution in [2.75, 3.05) is 0 Å². The Balaban J connectivity index is 2.17. The topological polar surface area (TPSA) is 26.0 Å². The van der Waals surface area contributed by atoms with E-state index >= 15 is 0 Å². The zero-order valence-corrected chi connectivity index (χ0v) is 9.24. The van der Waals surface area contributed by atoms with E-state index in [9.17, 15) is 8.78 Å². The van der Waals surface area contributed by atoms with Crippen LogP contribution in [0.1, 0.15) is 17.2 Å². The third kappa shape index (κ3) is 2.88. The molecule has 0 aliphatic carbocycles. The van der Waals surface area contributed by atoms with Crippen molar-refractivity contribution in [3.05, 3.63) is 71.3 Å². The van der Waals surface area contributed by atoms with Crippen molar-refractivity contribution in [1.29, 1.82) is 0 Å². The Hall–Kier alpha value is -1.74. The fraction of sp³-hybridized carbons (Fsp3) is 0.143. The largest absolute Gasteiger partial charge is 0.324 e. The monoisotopic (exact) mass is 233 g/mol. The maximum atomic E-state index is 13.5. The molecule has 1 unspecified atom stereocenters. The minimum absolute atomic E-state index is 0.303. The number of nitrogens with two attached hydrogens (primary N) is 1. The highest BCUT2D eigenvalue weighted by Gasteiger charge is 2.11. The Morgan fingerprint density at radius 2 is 1.76 bits per heavy atom. The van der Waals surface area contributed by atoms with Gasteiger partial charge in [-0.3, -0.25) is 0 Å². The molecular formula is C14H13F2N. The van der Waals surface area contributed by atoms with Gasteiger partial charge in [0.15, 0.2) is 0 Å². The predicted molar refractivity (Wildman–Crippen MR) is 63.4 cm³/mol. The molecule has 0 bridgehead atoms. The van der Waals surface area contributed by atoms with Gasteiger partial charge >= 0.3 is 0 Å². The Bertz CT molecular complexity index is 511. The summed E-state index contributed by atoms with van der Waals surface area (Å²) in [6.07, 6.45) is 0.415. The van der Waals surface area contributed by atoms with Gasteiger partial charge in [-0.2, -0.15) is 0 Å². The summed E-state index contributed by atoms with van der Waals surface area (Å²) in [5.41, 5.74) is 7.14. The Morgan fingerprint density at radius 3 is 2.47 bits per heavy atom. The summed E-state index contributed by atoms with van der Waals surface area (Å²) in [6.45, 7) is 0. The molecule has 2 aromatic carbocycles. The number of rotatable bonds is 3. The van der Waals surface area contributed by atoms with E-state index in [1.807, 2.05) is 0 Å². The summed E-state index contributed by atoms with van der Waals surface area (Å²) in [6, 6.07) is 12.1. The highest BCUT2D eigenvalue weighted by atomic mass is 19.1. The number of halogens is 2. The lowest BCUT2D eigenvalue weighted by Gasteiger charge is -2.12. The predicted octanol–water partition coefficient (Wildman–Crippen LogP) is 3.21. The summed E-state index contributed by atoms with van der Waals surface area (Å²) in [7, 11) is 0. The van der Waals surface area contributed by atoms with Crippen LogP contribution in [0.3, 0.4) is 0 Å². The third-order valence-electron chi connectivity index (χ3n) is 2.65. The second-order valence-corrected chi connectivity index (χ2v) is 3.96.